The van der Waals surface area contributed by atoms with Gasteiger partial charge in [-0.2, -0.15) is 0 Å². The van der Waals surface area contributed by atoms with Crippen LogP contribution in [0.4, 0.5) is 0 Å². The number of hydrogen-bond donors (Lipinski definition) is 0. The molecule has 0 spiro atoms. The van der Waals surface area contributed by atoms with Gasteiger partial charge in [0.1, 0.15) is 0 Å². The maximum absolute atomic E-state index is 8.08. The zero-order chi connectivity index (χ0) is 87.2. The molecule has 0 heterocycles. The Hall–Kier alpha value is -2.04. The third-order valence-corrected chi connectivity index (χ3v) is 60.9. The second-order valence-electron chi connectivity index (χ2n) is 35.6. The summed E-state index contributed by atoms with van der Waals surface area (Å²) in [5.74, 6) is 0. The number of hydrogen-bond acceptors (Lipinski definition) is 7. The molecule has 0 aliphatic carbocycles. The van der Waals surface area contributed by atoms with Gasteiger partial charge in [0, 0.05) is 0 Å². The quantitative estimate of drug-likeness (QED) is 0.0214. The Kier molecular flexibility index (Phi) is 65.6. The van der Waals surface area contributed by atoms with Crippen molar-refractivity contribution in [1.29, 1.82) is 0 Å². The van der Waals surface area contributed by atoms with Gasteiger partial charge < -0.3 is 0 Å². The molecule has 6 aromatic carbocycles. The van der Waals surface area contributed by atoms with Crippen LogP contribution in [0.1, 0.15) is 331 Å². The number of carbonyl (C=O) groups excluding carboxylic acids is 1. The molecule has 7 nitrogen and oxygen atoms in total. The Bertz CT molecular complexity index is 2960. The van der Waals surface area contributed by atoms with Crippen LogP contribution in [0.2, 0.25) is 93.7 Å². The van der Waals surface area contributed by atoms with E-state index in [9.17, 15) is 0 Å². The van der Waals surface area contributed by atoms with E-state index in [4.69, 9.17) is 30.1 Å². The van der Waals surface area contributed by atoms with E-state index in [2.05, 4.69) is 293 Å². The van der Waals surface area contributed by atoms with Crippen LogP contribution in [0.5, 0.6) is 0 Å². The second kappa shape index (κ2) is 69.0. The summed E-state index contributed by atoms with van der Waals surface area (Å²) in [5, 5.41) is 8.10. The molecule has 3 radical (unpaired) electrons. The van der Waals surface area contributed by atoms with Gasteiger partial charge in [-0.05, 0) is 0 Å². The topological polar surface area (TPSA) is 72.5 Å². The van der Waals surface area contributed by atoms with E-state index in [1.165, 1.54) is 334 Å². The molecule has 6 aromatic rings. The van der Waals surface area contributed by atoms with Gasteiger partial charge in [0.15, 0.2) is 0 Å². The summed E-state index contributed by atoms with van der Waals surface area (Å²) in [4.78, 5) is 7.50. The molecule has 17 heteroatoms. The van der Waals surface area contributed by atoms with Crippen molar-refractivity contribution in [3.63, 3.8) is 0 Å². The fourth-order valence-electron chi connectivity index (χ4n) is 18.1. The van der Waals surface area contributed by atoms with Crippen molar-refractivity contribution in [2.24, 2.45) is 0 Å². The van der Waals surface area contributed by atoms with Gasteiger partial charge in [0.2, 0.25) is 0 Å². The zero-order valence-electron chi connectivity index (χ0n) is 80.5. The summed E-state index contributed by atoms with van der Waals surface area (Å²) in [6.45, 7) is 46.4. The monoisotopic (exact) mass is 1900 g/mol. The average Bonchev–Trinajstić information content (AvgIpc) is 0.763. The predicted molar refractivity (Wildman–Crippen MR) is 558 cm³/mol. The Morgan fingerprint density at radius 2 is 0.392 bits per heavy atom. The molecule has 0 aliphatic heterocycles. The van der Waals surface area contributed by atoms with E-state index in [1.807, 2.05) is 0 Å². The number of aryl methyl sites for hydroxylation is 3. The van der Waals surface area contributed by atoms with E-state index < -0.39 is 75.2 Å². The van der Waals surface area contributed by atoms with Crippen molar-refractivity contribution in [2.75, 3.05) is 0 Å². The summed E-state index contributed by atoms with van der Waals surface area (Å²) in [6.07, 6.45) is 50.6. The molecule has 0 N–H and O–H groups in total. The van der Waals surface area contributed by atoms with Crippen molar-refractivity contribution < 1.29 is 49.5 Å². The minimum atomic E-state index is -2.89. The van der Waals surface area contributed by atoms with Crippen LogP contribution in [0.25, 0.3) is 0 Å². The summed E-state index contributed by atoms with van der Waals surface area (Å²) in [7, 11) is -19.2. The minimum absolute atomic E-state index is 0. The summed E-state index contributed by atoms with van der Waals surface area (Å²) in [5.41, 5.74) is 4.23. The summed E-state index contributed by atoms with van der Waals surface area (Å²) < 4.78 is 46.4. The van der Waals surface area contributed by atoms with Crippen molar-refractivity contribution in [2.45, 2.75) is 427 Å². The molecule has 0 unspecified atom stereocenters. The molecular formula is C103H184O7P3RhSi6. The maximum atomic E-state index is 8.08. The molecule has 120 heavy (non-hydrogen) atoms. The van der Waals surface area contributed by atoms with Crippen LogP contribution in [0, 0.1) is 0 Å². The number of benzene rings is 6. The molecule has 686 valence electrons. The van der Waals surface area contributed by atoms with Gasteiger partial charge in [0.25, 0.3) is 6.79 Å². The molecular weight excluding hydrogens is 1710 g/mol. The summed E-state index contributed by atoms with van der Waals surface area (Å²) >= 11 is 0. The molecule has 0 atom stereocenters. The van der Waals surface area contributed by atoms with E-state index in [-0.39, 0.29) is 19.5 Å². The molecule has 6 rings (SSSR count). The van der Waals surface area contributed by atoms with Gasteiger partial charge in [-0.3, -0.25) is 4.79 Å². The van der Waals surface area contributed by atoms with Gasteiger partial charge in [0.05, 0.1) is 0 Å². The first-order valence-electron chi connectivity index (χ1n) is 49.7. The van der Waals surface area contributed by atoms with Crippen molar-refractivity contribution >= 4 is 114 Å². The SMILES string of the molecule is CCCCCC[Si](CCCCCC)(CCCCCC)O[PH](O[SiH](C)C)(c1ccccc1)c1ccccc1CC.CCCCCC[Si](CCCCCC)(CCCCCC)O[PH](O[SiH](C)C)(c1ccccc1)c1ccccc1CC.CCCCCC[Si](CCCCCC)(CCCCCC)O[PH](O[SiH](C)C)(c1ccccc1)c1ccccc1CC.[C]=O.[RhH]. The van der Waals surface area contributed by atoms with Crippen molar-refractivity contribution in [3.05, 3.63) is 180 Å². The second-order valence-corrected chi connectivity index (χ2v) is 65.8. The van der Waals surface area contributed by atoms with Crippen LogP contribution in [0.3, 0.4) is 0 Å². The van der Waals surface area contributed by atoms with Crippen LogP contribution < -0.4 is 31.8 Å². The van der Waals surface area contributed by atoms with Crippen LogP contribution in [0.15, 0.2) is 164 Å². The molecule has 0 bridgehead atoms. The van der Waals surface area contributed by atoms with Crippen LogP contribution in [-0.4, -0.2) is 58.9 Å². The third kappa shape index (κ3) is 41.2. The molecule has 0 saturated heterocycles. The molecule has 0 fully saturated rings. The fraction of sp³-hybridized carbons (Fsp3) is 0.641. The van der Waals surface area contributed by atoms with E-state index in [0.29, 0.717) is 0 Å². The Labute approximate surface area is 765 Å². The van der Waals surface area contributed by atoms with Crippen molar-refractivity contribution in [1.82, 2.24) is 0 Å². The Balaban J connectivity index is 0.000000601. The van der Waals surface area contributed by atoms with Gasteiger partial charge in [-0.1, -0.05) is 0 Å². The first kappa shape index (κ1) is 114. The molecule has 0 saturated carbocycles. The Morgan fingerprint density at radius 3 is 0.542 bits per heavy atom. The van der Waals surface area contributed by atoms with E-state index in [0.717, 1.165) is 19.3 Å². The van der Waals surface area contributed by atoms with Gasteiger partial charge in [-0.25, -0.2) is 0 Å². The normalized spacial score (nSPS) is 12.5. The van der Waals surface area contributed by atoms with Crippen molar-refractivity contribution in [3.8, 4) is 0 Å². The summed E-state index contributed by atoms with van der Waals surface area (Å²) in [6, 6.07) is 72.5. The van der Waals surface area contributed by atoms with Gasteiger partial charge >= 0.3 is 759 Å². The van der Waals surface area contributed by atoms with Crippen LogP contribution in [-0.2, 0) is 68.8 Å². The third-order valence-electron chi connectivity index (χ3n) is 24.4. The average molecular weight is 1900 g/mol. The van der Waals surface area contributed by atoms with Gasteiger partial charge in [-0.15, -0.1) is 0 Å². The zero-order valence-corrected chi connectivity index (χ0v) is 91.7. The fourth-order valence-corrected chi connectivity index (χ4v) is 60.9. The predicted octanol–water partition coefficient (Wildman–Crippen LogP) is 30.8. The molecule has 0 aromatic heterocycles. The first-order chi connectivity index (χ1) is 57.9. The number of unbranched alkanes of at least 4 members (excludes halogenated alkanes) is 27. The van der Waals surface area contributed by atoms with Crippen LogP contribution >= 0.6 is 23.1 Å². The standard InChI is InChI=1S/3C34H61O2PSi2.CO.Rh.H/c3*1-7-11-14-22-29-39(30-23-15-12-8-2,31-24-16-13-9-3)36-37(35-38(5)6,33-26-18-17-19-27-33)34-28-21-20-25-32(34)10-4;1-2;;/h3*17-21,25-28,37-38H,7-16,22-24,29-31H2,1-6H3;;;. The molecule has 0 aliphatic rings. The number of rotatable bonds is 66. The first-order valence-corrected chi connectivity index (χ1v) is 71.0. The molecule has 0 amide bonds. The van der Waals surface area contributed by atoms with E-state index >= 15 is 0 Å². The van der Waals surface area contributed by atoms with E-state index in [1.54, 1.807) is 0 Å². The Morgan fingerprint density at radius 1 is 0.233 bits per heavy atom.